The molecule has 5 nitrogen and oxygen atoms in total. The van der Waals surface area contributed by atoms with E-state index >= 15 is 0 Å². The summed E-state index contributed by atoms with van der Waals surface area (Å²) in [5.41, 5.74) is 3.34. The van der Waals surface area contributed by atoms with E-state index in [1.165, 1.54) is 5.56 Å². The number of amides is 2. The predicted octanol–water partition coefficient (Wildman–Crippen LogP) is 3.41. The zero-order valence-corrected chi connectivity index (χ0v) is 14.9. The third-order valence-electron chi connectivity index (χ3n) is 3.70. The molecule has 2 amide bonds. The van der Waals surface area contributed by atoms with Crippen molar-refractivity contribution in [3.8, 4) is 5.75 Å². The lowest BCUT2D eigenvalue weighted by atomic mass is 10.1. The van der Waals surface area contributed by atoms with Gasteiger partial charge in [-0.25, -0.2) is 4.79 Å². The molecule has 2 aromatic rings. The fourth-order valence-corrected chi connectivity index (χ4v) is 2.29. The summed E-state index contributed by atoms with van der Waals surface area (Å²) < 4.78 is 11.0. The number of carbonyl (C=O) groups is 1. The van der Waals surface area contributed by atoms with Gasteiger partial charge in [0.15, 0.2) is 0 Å². The molecule has 2 N–H and O–H groups in total. The summed E-state index contributed by atoms with van der Waals surface area (Å²) in [5.74, 6) is 0.803. The van der Waals surface area contributed by atoms with E-state index in [4.69, 9.17) is 9.47 Å². The molecular weight excluding hydrogens is 316 g/mol. The van der Waals surface area contributed by atoms with Crippen LogP contribution >= 0.6 is 0 Å². The van der Waals surface area contributed by atoms with Crippen molar-refractivity contribution in [1.29, 1.82) is 0 Å². The summed E-state index contributed by atoms with van der Waals surface area (Å²) in [6, 6.07) is 15.6. The smallest absolute Gasteiger partial charge is 0.315 e. The maximum Gasteiger partial charge on any atom is 0.315 e. The highest BCUT2D eigenvalue weighted by atomic mass is 16.5. The predicted molar refractivity (Wildman–Crippen MR) is 98.7 cm³/mol. The number of rotatable bonds is 9. The van der Waals surface area contributed by atoms with E-state index in [-0.39, 0.29) is 6.03 Å². The Bertz CT molecular complexity index is 656. The molecule has 5 heteroatoms. The Kier molecular flexibility index (Phi) is 7.79. The number of nitrogens with one attached hydrogen (secondary N) is 2. The molecule has 0 heterocycles. The van der Waals surface area contributed by atoms with Crippen LogP contribution in [0.3, 0.4) is 0 Å². The minimum atomic E-state index is -0.210. The molecule has 0 aliphatic rings. The average molecular weight is 342 g/mol. The first kappa shape index (κ1) is 18.8. The lowest BCUT2D eigenvalue weighted by Gasteiger charge is -2.12. The summed E-state index contributed by atoms with van der Waals surface area (Å²) >= 11 is 0. The molecule has 0 aromatic heterocycles. The van der Waals surface area contributed by atoms with Gasteiger partial charge in [0.05, 0.1) is 13.2 Å². The molecule has 0 saturated carbocycles. The average Bonchev–Trinajstić information content (AvgIpc) is 2.64. The van der Waals surface area contributed by atoms with Gasteiger partial charge in [-0.05, 0) is 37.1 Å². The highest BCUT2D eigenvalue weighted by Crippen LogP contribution is 2.11. The van der Waals surface area contributed by atoms with Crippen LogP contribution in [0.5, 0.6) is 5.75 Å². The number of carbonyl (C=O) groups excluding carboxylic acids is 1. The Balaban J connectivity index is 1.68. The van der Waals surface area contributed by atoms with Crippen molar-refractivity contribution < 1.29 is 14.3 Å². The minimum Gasteiger partial charge on any atom is -0.492 e. The number of hydrogen-bond acceptors (Lipinski definition) is 3. The van der Waals surface area contributed by atoms with Crippen LogP contribution in [0.4, 0.5) is 4.79 Å². The van der Waals surface area contributed by atoms with E-state index < -0.39 is 0 Å². The maximum absolute atomic E-state index is 11.9. The van der Waals surface area contributed by atoms with Crippen molar-refractivity contribution in [3.05, 3.63) is 65.2 Å². The molecule has 2 rings (SSSR count). The monoisotopic (exact) mass is 342 g/mol. The van der Waals surface area contributed by atoms with Crippen LogP contribution in [-0.4, -0.2) is 25.8 Å². The fourth-order valence-electron chi connectivity index (χ4n) is 2.29. The molecule has 0 aliphatic heterocycles. The molecule has 0 radical (unpaired) electrons. The standard InChI is InChI=1S/C20H26N2O3/c1-3-24-15-18-7-5-4-6-17(18)14-22-20(23)21-12-13-25-19-10-8-16(2)9-11-19/h4-11H,3,12-15H2,1-2H3,(H2,21,22,23). The highest BCUT2D eigenvalue weighted by molar-refractivity contribution is 5.73. The van der Waals surface area contributed by atoms with E-state index in [0.717, 1.165) is 16.9 Å². The Morgan fingerprint density at radius 3 is 2.44 bits per heavy atom. The van der Waals surface area contributed by atoms with E-state index in [2.05, 4.69) is 10.6 Å². The van der Waals surface area contributed by atoms with Crippen molar-refractivity contribution in [1.82, 2.24) is 10.6 Å². The molecule has 0 saturated heterocycles. The fraction of sp³-hybridized carbons (Fsp3) is 0.350. The number of hydrogen-bond donors (Lipinski definition) is 2. The molecular formula is C20H26N2O3. The third kappa shape index (κ3) is 6.85. The normalized spacial score (nSPS) is 10.3. The summed E-state index contributed by atoms with van der Waals surface area (Å²) in [5, 5.41) is 5.65. The third-order valence-corrected chi connectivity index (χ3v) is 3.70. The number of aryl methyl sites for hydroxylation is 1. The van der Waals surface area contributed by atoms with Crippen LogP contribution in [0, 0.1) is 6.92 Å². The largest absolute Gasteiger partial charge is 0.492 e. The van der Waals surface area contributed by atoms with E-state index in [9.17, 15) is 4.79 Å². The van der Waals surface area contributed by atoms with Crippen LogP contribution < -0.4 is 15.4 Å². The first-order valence-electron chi connectivity index (χ1n) is 8.54. The molecule has 0 unspecified atom stereocenters. The second kappa shape index (κ2) is 10.4. The van der Waals surface area contributed by atoms with Gasteiger partial charge in [0.25, 0.3) is 0 Å². The van der Waals surface area contributed by atoms with Crippen molar-refractivity contribution in [2.75, 3.05) is 19.8 Å². The SMILES string of the molecule is CCOCc1ccccc1CNC(=O)NCCOc1ccc(C)cc1. The molecule has 0 aliphatic carbocycles. The highest BCUT2D eigenvalue weighted by Gasteiger charge is 2.04. The van der Waals surface area contributed by atoms with Gasteiger partial charge >= 0.3 is 6.03 Å². The minimum absolute atomic E-state index is 0.210. The van der Waals surface area contributed by atoms with Crippen molar-refractivity contribution in [2.24, 2.45) is 0 Å². The zero-order chi connectivity index (χ0) is 17.9. The maximum atomic E-state index is 11.9. The van der Waals surface area contributed by atoms with Gasteiger partial charge in [0.2, 0.25) is 0 Å². The Morgan fingerprint density at radius 1 is 1.00 bits per heavy atom. The van der Waals surface area contributed by atoms with Gasteiger partial charge < -0.3 is 20.1 Å². The lowest BCUT2D eigenvalue weighted by Crippen LogP contribution is -2.37. The Morgan fingerprint density at radius 2 is 1.72 bits per heavy atom. The summed E-state index contributed by atoms with van der Waals surface area (Å²) in [4.78, 5) is 11.9. The van der Waals surface area contributed by atoms with Gasteiger partial charge in [-0.3, -0.25) is 0 Å². The van der Waals surface area contributed by atoms with Gasteiger partial charge in [0, 0.05) is 13.2 Å². The van der Waals surface area contributed by atoms with E-state index in [0.29, 0.717) is 32.9 Å². The Labute approximate surface area is 149 Å². The van der Waals surface area contributed by atoms with Crippen LogP contribution in [0.25, 0.3) is 0 Å². The van der Waals surface area contributed by atoms with E-state index in [1.807, 2.05) is 62.4 Å². The lowest BCUT2D eigenvalue weighted by molar-refractivity contribution is 0.133. The molecule has 0 fully saturated rings. The molecule has 134 valence electrons. The number of benzene rings is 2. The van der Waals surface area contributed by atoms with Crippen LogP contribution in [0.15, 0.2) is 48.5 Å². The quantitative estimate of drug-likeness (QED) is 0.687. The number of ether oxygens (including phenoxy) is 2. The van der Waals surface area contributed by atoms with Crippen LogP contribution in [-0.2, 0) is 17.9 Å². The van der Waals surface area contributed by atoms with Crippen molar-refractivity contribution in [2.45, 2.75) is 27.0 Å². The second-order valence-electron chi connectivity index (χ2n) is 5.68. The summed E-state index contributed by atoms with van der Waals surface area (Å²) in [6.45, 7) is 6.56. The van der Waals surface area contributed by atoms with Crippen molar-refractivity contribution >= 4 is 6.03 Å². The second-order valence-corrected chi connectivity index (χ2v) is 5.68. The van der Waals surface area contributed by atoms with Gasteiger partial charge in [-0.2, -0.15) is 0 Å². The zero-order valence-electron chi connectivity index (χ0n) is 14.9. The van der Waals surface area contributed by atoms with Gasteiger partial charge in [-0.15, -0.1) is 0 Å². The topological polar surface area (TPSA) is 59.6 Å². The van der Waals surface area contributed by atoms with Crippen LogP contribution in [0.2, 0.25) is 0 Å². The van der Waals surface area contributed by atoms with Crippen molar-refractivity contribution in [3.63, 3.8) is 0 Å². The molecule has 25 heavy (non-hydrogen) atoms. The molecule has 0 atom stereocenters. The van der Waals surface area contributed by atoms with Gasteiger partial charge in [0.1, 0.15) is 12.4 Å². The van der Waals surface area contributed by atoms with E-state index in [1.54, 1.807) is 0 Å². The number of urea groups is 1. The summed E-state index contributed by atoms with van der Waals surface area (Å²) in [6.07, 6.45) is 0. The summed E-state index contributed by atoms with van der Waals surface area (Å²) in [7, 11) is 0. The Hall–Kier alpha value is -2.53. The van der Waals surface area contributed by atoms with Crippen LogP contribution in [0.1, 0.15) is 23.6 Å². The van der Waals surface area contributed by atoms with Gasteiger partial charge in [-0.1, -0.05) is 42.0 Å². The first-order chi connectivity index (χ1) is 12.2. The molecule has 0 spiro atoms. The first-order valence-corrected chi connectivity index (χ1v) is 8.54. The molecule has 2 aromatic carbocycles. The molecule has 0 bridgehead atoms.